The van der Waals surface area contributed by atoms with Gasteiger partial charge in [-0.15, -0.1) is 0 Å². The molecule has 0 spiro atoms. The van der Waals surface area contributed by atoms with Crippen molar-refractivity contribution in [3.63, 3.8) is 0 Å². The SMILES string of the molecule is CC(=O)c1ccc(NC(=O)N(Cc2ccccc2)C(C)CCO)cc1. The number of hydrogen-bond donors (Lipinski definition) is 2. The van der Waals surface area contributed by atoms with Gasteiger partial charge in [-0.1, -0.05) is 30.3 Å². The summed E-state index contributed by atoms with van der Waals surface area (Å²) in [6, 6.07) is 16.2. The van der Waals surface area contributed by atoms with E-state index in [4.69, 9.17) is 0 Å². The Kier molecular flexibility index (Phi) is 6.71. The summed E-state index contributed by atoms with van der Waals surface area (Å²) in [5, 5.41) is 12.1. The highest BCUT2D eigenvalue weighted by Crippen LogP contribution is 2.15. The lowest BCUT2D eigenvalue weighted by atomic mass is 10.1. The lowest BCUT2D eigenvalue weighted by Crippen LogP contribution is -2.41. The molecule has 0 aliphatic carbocycles. The van der Waals surface area contributed by atoms with Crippen LogP contribution >= 0.6 is 0 Å². The summed E-state index contributed by atoms with van der Waals surface area (Å²) in [6.07, 6.45) is 0.503. The van der Waals surface area contributed by atoms with Gasteiger partial charge >= 0.3 is 6.03 Å². The molecule has 1 atom stereocenters. The maximum Gasteiger partial charge on any atom is 0.322 e. The van der Waals surface area contributed by atoms with Crippen LogP contribution in [0.5, 0.6) is 0 Å². The molecule has 5 heteroatoms. The molecule has 0 heterocycles. The Morgan fingerprint density at radius 3 is 2.28 bits per heavy atom. The highest BCUT2D eigenvalue weighted by Gasteiger charge is 2.20. The van der Waals surface area contributed by atoms with E-state index in [1.54, 1.807) is 29.2 Å². The van der Waals surface area contributed by atoms with Crippen molar-refractivity contribution >= 4 is 17.5 Å². The number of ketones is 1. The predicted octanol–water partition coefficient (Wildman–Crippen LogP) is 3.69. The number of anilines is 1. The molecule has 0 bridgehead atoms. The van der Waals surface area contributed by atoms with E-state index in [9.17, 15) is 14.7 Å². The minimum absolute atomic E-state index is 0.0138. The first-order valence-corrected chi connectivity index (χ1v) is 8.34. The summed E-state index contributed by atoms with van der Waals surface area (Å²) in [6.45, 7) is 3.90. The topological polar surface area (TPSA) is 69.6 Å². The number of nitrogens with zero attached hydrogens (tertiary/aromatic N) is 1. The third-order valence-corrected chi connectivity index (χ3v) is 4.08. The first-order valence-electron chi connectivity index (χ1n) is 8.34. The van der Waals surface area contributed by atoms with E-state index in [0.29, 0.717) is 24.2 Å². The van der Waals surface area contributed by atoms with Crippen molar-refractivity contribution in [2.75, 3.05) is 11.9 Å². The number of Topliss-reactive ketones (excluding diaryl/α,β-unsaturated/α-hetero) is 1. The molecule has 2 amide bonds. The number of rotatable bonds is 7. The molecule has 0 saturated heterocycles. The van der Waals surface area contributed by atoms with Crippen molar-refractivity contribution in [2.24, 2.45) is 0 Å². The molecule has 2 N–H and O–H groups in total. The summed E-state index contributed by atoms with van der Waals surface area (Å²) in [7, 11) is 0. The highest BCUT2D eigenvalue weighted by atomic mass is 16.3. The van der Waals surface area contributed by atoms with Crippen molar-refractivity contribution in [1.82, 2.24) is 4.90 Å². The van der Waals surface area contributed by atoms with E-state index in [-0.39, 0.29) is 24.5 Å². The highest BCUT2D eigenvalue weighted by molar-refractivity contribution is 5.95. The third-order valence-electron chi connectivity index (χ3n) is 4.08. The Morgan fingerprint density at radius 1 is 1.08 bits per heavy atom. The zero-order valence-electron chi connectivity index (χ0n) is 14.6. The Labute approximate surface area is 148 Å². The average molecular weight is 340 g/mol. The van der Waals surface area contributed by atoms with Crippen molar-refractivity contribution in [2.45, 2.75) is 32.9 Å². The van der Waals surface area contributed by atoms with E-state index >= 15 is 0 Å². The van der Waals surface area contributed by atoms with Crippen LogP contribution < -0.4 is 5.32 Å². The Bertz CT molecular complexity index is 699. The van der Waals surface area contributed by atoms with Gasteiger partial charge in [0.25, 0.3) is 0 Å². The number of aliphatic hydroxyl groups excluding tert-OH is 1. The van der Waals surface area contributed by atoms with Crippen LogP contribution in [0.1, 0.15) is 36.2 Å². The predicted molar refractivity (Wildman–Crippen MR) is 98.6 cm³/mol. The molecule has 0 aromatic heterocycles. The molecule has 0 fully saturated rings. The van der Waals surface area contributed by atoms with Crippen LogP contribution in [0.4, 0.5) is 10.5 Å². The zero-order chi connectivity index (χ0) is 18.2. The summed E-state index contributed by atoms with van der Waals surface area (Å²) in [4.78, 5) is 25.7. The normalized spacial score (nSPS) is 11.6. The van der Waals surface area contributed by atoms with Gasteiger partial charge in [0.05, 0.1) is 0 Å². The summed E-state index contributed by atoms with van der Waals surface area (Å²) in [5.74, 6) is -0.0138. The van der Waals surface area contributed by atoms with Crippen LogP contribution in [-0.2, 0) is 6.54 Å². The second kappa shape index (κ2) is 8.99. The van der Waals surface area contributed by atoms with Gasteiger partial charge in [-0.3, -0.25) is 4.79 Å². The lowest BCUT2D eigenvalue weighted by Gasteiger charge is -2.29. The minimum atomic E-state index is -0.236. The van der Waals surface area contributed by atoms with Crippen molar-refractivity contribution in [3.8, 4) is 0 Å². The monoisotopic (exact) mass is 340 g/mol. The number of carbonyl (C=O) groups excluding carboxylic acids is 2. The molecule has 2 aromatic rings. The number of benzene rings is 2. The van der Waals surface area contributed by atoms with Crippen LogP contribution in [0.15, 0.2) is 54.6 Å². The first-order chi connectivity index (χ1) is 12.0. The molecule has 0 aliphatic rings. The number of carbonyl (C=O) groups is 2. The molecule has 25 heavy (non-hydrogen) atoms. The van der Waals surface area contributed by atoms with Gasteiger partial charge in [0.1, 0.15) is 0 Å². The molecule has 0 saturated carbocycles. The van der Waals surface area contributed by atoms with Crippen molar-refractivity contribution in [3.05, 3.63) is 65.7 Å². The summed E-state index contributed by atoms with van der Waals surface area (Å²) < 4.78 is 0. The molecular weight excluding hydrogens is 316 g/mol. The fourth-order valence-corrected chi connectivity index (χ4v) is 2.53. The fourth-order valence-electron chi connectivity index (χ4n) is 2.53. The van der Waals surface area contributed by atoms with Crippen LogP contribution in [0.25, 0.3) is 0 Å². The number of nitrogens with one attached hydrogen (secondary N) is 1. The molecule has 1 unspecified atom stereocenters. The molecule has 0 radical (unpaired) electrons. The van der Waals surface area contributed by atoms with E-state index in [0.717, 1.165) is 5.56 Å². The largest absolute Gasteiger partial charge is 0.396 e. The van der Waals surface area contributed by atoms with E-state index in [1.807, 2.05) is 37.3 Å². The molecular formula is C20H24N2O3. The third kappa shape index (κ3) is 5.43. The maximum absolute atomic E-state index is 12.7. The maximum atomic E-state index is 12.7. The van der Waals surface area contributed by atoms with Gasteiger partial charge in [0.2, 0.25) is 0 Å². The van der Waals surface area contributed by atoms with Gasteiger partial charge < -0.3 is 15.3 Å². The average Bonchev–Trinajstić information content (AvgIpc) is 2.61. The van der Waals surface area contributed by atoms with Crippen molar-refractivity contribution in [1.29, 1.82) is 0 Å². The second-order valence-corrected chi connectivity index (χ2v) is 6.04. The van der Waals surface area contributed by atoms with Crippen LogP contribution in [-0.4, -0.2) is 34.5 Å². The standard InChI is InChI=1S/C20H24N2O3/c1-15(12-13-23)22(14-17-6-4-3-5-7-17)20(25)21-19-10-8-18(9-11-19)16(2)24/h3-11,15,23H,12-14H2,1-2H3,(H,21,25). The number of hydrogen-bond acceptors (Lipinski definition) is 3. The van der Waals surface area contributed by atoms with E-state index < -0.39 is 0 Å². The number of urea groups is 1. The zero-order valence-corrected chi connectivity index (χ0v) is 14.6. The molecule has 132 valence electrons. The molecule has 2 rings (SSSR count). The smallest absolute Gasteiger partial charge is 0.322 e. The lowest BCUT2D eigenvalue weighted by molar-refractivity contribution is 0.101. The van der Waals surface area contributed by atoms with Crippen LogP contribution in [0.2, 0.25) is 0 Å². The Hall–Kier alpha value is -2.66. The van der Waals surface area contributed by atoms with Crippen LogP contribution in [0.3, 0.4) is 0 Å². The number of aliphatic hydroxyl groups is 1. The van der Waals surface area contributed by atoms with Crippen molar-refractivity contribution < 1.29 is 14.7 Å². The van der Waals surface area contributed by atoms with E-state index in [1.165, 1.54) is 6.92 Å². The first kappa shape index (κ1) is 18.7. The van der Waals surface area contributed by atoms with Crippen LogP contribution in [0, 0.1) is 0 Å². The quantitative estimate of drug-likeness (QED) is 0.755. The van der Waals surface area contributed by atoms with Gasteiger partial charge in [0, 0.05) is 30.4 Å². The second-order valence-electron chi connectivity index (χ2n) is 6.04. The van der Waals surface area contributed by atoms with E-state index in [2.05, 4.69) is 5.32 Å². The minimum Gasteiger partial charge on any atom is -0.396 e. The number of amides is 2. The fraction of sp³-hybridized carbons (Fsp3) is 0.300. The summed E-state index contributed by atoms with van der Waals surface area (Å²) in [5.41, 5.74) is 2.26. The van der Waals surface area contributed by atoms with Gasteiger partial charge in [-0.25, -0.2) is 4.79 Å². The van der Waals surface area contributed by atoms with Gasteiger partial charge in [-0.2, -0.15) is 0 Å². The molecule has 5 nitrogen and oxygen atoms in total. The van der Waals surface area contributed by atoms with Gasteiger partial charge in [0.15, 0.2) is 5.78 Å². The Balaban J connectivity index is 2.12. The molecule has 2 aromatic carbocycles. The Morgan fingerprint density at radius 2 is 1.72 bits per heavy atom. The van der Waals surface area contributed by atoms with Gasteiger partial charge in [-0.05, 0) is 50.1 Å². The molecule has 0 aliphatic heterocycles. The summed E-state index contributed by atoms with van der Waals surface area (Å²) >= 11 is 0.